The molecule has 2 saturated heterocycles. The third kappa shape index (κ3) is 5.89. The first-order chi connectivity index (χ1) is 13.9. The first-order valence-electron chi connectivity index (χ1n) is 10.3. The standard InChI is InChI=1S/C20H30N3O5P/c24-19-17(11-6-13-22-14-7-12-18(20(25)26)23(19)22)21-29(27,28)15-5-4-10-16-8-2-1-3-9-16/h1-3,8-9,17-18H,4-7,10-15H2,(H,25,26)(H2,21,27,28)/t17-,18-/m0/s1. The maximum atomic E-state index is 13.0. The molecule has 0 bridgehead atoms. The summed E-state index contributed by atoms with van der Waals surface area (Å²) in [4.78, 5) is 35.0. The van der Waals surface area contributed by atoms with E-state index in [1.807, 2.05) is 30.3 Å². The van der Waals surface area contributed by atoms with Crippen LogP contribution in [0.4, 0.5) is 0 Å². The summed E-state index contributed by atoms with van der Waals surface area (Å²) < 4.78 is 12.7. The topological polar surface area (TPSA) is 110 Å². The number of hydrazine groups is 1. The van der Waals surface area contributed by atoms with Crippen LogP contribution in [0.5, 0.6) is 0 Å². The predicted molar refractivity (Wildman–Crippen MR) is 109 cm³/mol. The van der Waals surface area contributed by atoms with Gasteiger partial charge in [0, 0.05) is 19.3 Å². The second kappa shape index (κ2) is 9.85. The van der Waals surface area contributed by atoms with Gasteiger partial charge in [-0.2, -0.15) is 0 Å². The smallest absolute Gasteiger partial charge is 0.328 e. The SMILES string of the molecule is O=C(O)[C@@H]1CCCN2CCC[C@H](NP(=O)(O)CCCCc3ccccc3)C(=O)N12. The number of amides is 1. The van der Waals surface area contributed by atoms with Gasteiger partial charge in [-0.25, -0.2) is 14.9 Å². The van der Waals surface area contributed by atoms with Crippen LogP contribution in [0.25, 0.3) is 0 Å². The van der Waals surface area contributed by atoms with Crippen LogP contribution < -0.4 is 5.09 Å². The Hall–Kier alpha value is -1.73. The van der Waals surface area contributed by atoms with Gasteiger partial charge in [0.1, 0.15) is 6.04 Å². The molecule has 3 N–H and O–H groups in total. The zero-order chi connectivity index (χ0) is 20.9. The number of aliphatic carboxylic acids is 1. The minimum Gasteiger partial charge on any atom is -0.480 e. The van der Waals surface area contributed by atoms with Crippen molar-refractivity contribution in [2.75, 3.05) is 19.3 Å². The quantitative estimate of drug-likeness (QED) is 0.434. The van der Waals surface area contributed by atoms with Gasteiger partial charge in [-0.1, -0.05) is 30.3 Å². The lowest BCUT2D eigenvalue weighted by atomic mass is 10.1. The molecule has 3 atom stereocenters. The summed E-state index contributed by atoms with van der Waals surface area (Å²) in [5.41, 5.74) is 1.19. The Labute approximate surface area is 171 Å². The fourth-order valence-electron chi connectivity index (χ4n) is 4.12. The van der Waals surface area contributed by atoms with Crippen molar-refractivity contribution in [3.63, 3.8) is 0 Å². The van der Waals surface area contributed by atoms with E-state index in [1.165, 1.54) is 10.6 Å². The molecule has 8 nitrogen and oxygen atoms in total. The molecule has 1 aromatic rings. The number of aryl methyl sites for hydroxylation is 1. The van der Waals surface area contributed by atoms with Gasteiger partial charge in [-0.3, -0.25) is 14.4 Å². The molecule has 1 aromatic carbocycles. The number of fused-ring (bicyclic) bond motifs is 1. The highest BCUT2D eigenvalue weighted by Crippen LogP contribution is 2.39. The predicted octanol–water partition coefficient (Wildman–Crippen LogP) is 2.24. The normalized spacial score (nSPS) is 25.1. The Morgan fingerprint density at radius 2 is 1.83 bits per heavy atom. The fourth-order valence-corrected chi connectivity index (χ4v) is 5.63. The van der Waals surface area contributed by atoms with Crippen LogP contribution in [0.2, 0.25) is 0 Å². The molecule has 9 heteroatoms. The zero-order valence-electron chi connectivity index (χ0n) is 16.6. The number of hydrogen-bond acceptors (Lipinski definition) is 4. The lowest BCUT2D eigenvalue weighted by molar-refractivity contribution is -0.174. The lowest BCUT2D eigenvalue weighted by Gasteiger charge is -2.42. The van der Waals surface area contributed by atoms with E-state index >= 15 is 0 Å². The van der Waals surface area contributed by atoms with Gasteiger partial charge in [0.2, 0.25) is 0 Å². The van der Waals surface area contributed by atoms with E-state index in [2.05, 4.69) is 5.09 Å². The molecule has 3 rings (SSSR count). The van der Waals surface area contributed by atoms with E-state index in [0.717, 1.165) is 19.3 Å². The fraction of sp³-hybridized carbons (Fsp3) is 0.600. The van der Waals surface area contributed by atoms with Crippen molar-refractivity contribution in [3.05, 3.63) is 35.9 Å². The highest BCUT2D eigenvalue weighted by atomic mass is 31.2. The second-order valence-corrected chi connectivity index (χ2v) is 9.93. The molecule has 0 aromatic heterocycles. The monoisotopic (exact) mass is 423 g/mol. The van der Waals surface area contributed by atoms with Crippen LogP contribution in [-0.2, 0) is 20.6 Å². The first kappa shape index (κ1) is 22.0. The molecule has 0 saturated carbocycles. The Bertz CT molecular complexity index is 760. The van der Waals surface area contributed by atoms with Gasteiger partial charge in [0.15, 0.2) is 0 Å². The minimum absolute atomic E-state index is 0.0929. The van der Waals surface area contributed by atoms with Gasteiger partial charge >= 0.3 is 5.97 Å². The summed E-state index contributed by atoms with van der Waals surface area (Å²) in [6, 6.07) is 8.23. The number of carbonyl (C=O) groups excluding carboxylic acids is 1. The van der Waals surface area contributed by atoms with Crippen LogP contribution in [0, 0.1) is 0 Å². The molecule has 2 aliphatic rings. The third-order valence-corrected chi connectivity index (χ3v) is 7.23. The summed E-state index contributed by atoms with van der Waals surface area (Å²) >= 11 is 0. The average molecular weight is 423 g/mol. The van der Waals surface area contributed by atoms with Crippen molar-refractivity contribution in [1.82, 2.24) is 15.1 Å². The van der Waals surface area contributed by atoms with Crippen molar-refractivity contribution in [3.8, 4) is 0 Å². The van der Waals surface area contributed by atoms with E-state index in [9.17, 15) is 24.2 Å². The number of carboxylic acids is 1. The summed E-state index contributed by atoms with van der Waals surface area (Å²) in [5, 5.41) is 15.3. The van der Waals surface area contributed by atoms with Gasteiger partial charge in [-0.05, 0) is 50.5 Å². The number of unbranched alkanes of at least 4 members (excludes halogenated alkanes) is 1. The van der Waals surface area contributed by atoms with Gasteiger partial charge in [-0.15, -0.1) is 0 Å². The van der Waals surface area contributed by atoms with E-state index in [-0.39, 0.29) is 6.16 Å². The Morgan fingerprint density at radius 3 is 2.52 bits per heavy atom. The number of rotatable bonds is 8. The molecule has 160 valence electrons. The number of benzene rings is 1. The Morgan fingerprint density at radius 1 is 1.14 bits per heavy atom. The molecule has 0 radical (unpaired) electrons. The molecule has 29 heavy (non-hydrogen) atoms. The van der Waals surface area contributed by atoms with Crippen molar-refractivity contribution < 1.29 is 24.2 Å². The molecule has 1 unspecified atom stereocenters. The molecular formula is C20H30N3O5P. The zero-order valence-corrected chi connectivity index (χ0v) is 17.5. The van der Waals surface area contributed by atoms with E-state index in [1.54, 1.807) is 5.01 Å². The number of nitrogens with one attached hydrogen (secondary N) is 1. The average Bonchev–Trinajstić information content (AvgIpc) is 2.85. The Balaban J connectivity index is 1.56. The molecule has 2 heterocycles. The van der Waals surface area contributed by atoms with Crippen molar-refractivity contribution >= 4 is 19.4 Å². The lowest BCUT2D eigenvalue weighted by Crippen LogP contribution is -2.60. The highest BCUT2D eigenvalue weighted by molar-refractivity contribution is 7.55. The van der Waals surface area contributed by atoms with E-state index < -0.39 is 31.5 Å². The molecule has 2 aliphatic heterocycles. The van der Waals surface area contributed by atoms with Gasteiger partial charge in [0.25, 0.3) is 13.4 Å². The molecule has 1 amide bonds. The maximum Gasteiger partial charge on any atom is 0.328 e. The number of hydrogen-bond donors (Lipinski definition) is 3. The number of carbonyl (C=O) groups is 2. The maximum absolute atomic E-state index is 13.0. The molecule has 2 fully saturated rings. The number of nitrogens with zero attached hydrogens (tertiary/aromatic N) is 2. The van der Waals surface area contributed by atoms with Gasteiger partial charge in [0.05, 0.1) is 6.04 Å². The van der Waals surface area contributed by atoms with Gasteiger partial charge < -0.3 is 10.00 Å². The number of carboxylic acid groups (broad SMARTS) is 1. The largest absolute Gasteiger partial charge is 0.480 e. The second-order valence-electron chi connectivity index (χ2n) is 7.82. The van der Waals surface area contributed by atoms with Crippen molar-refractivity contribution in [1.29, 1.82) is 0 Å². The van der Waals surface area contributed by atoms with E-state index in [4.69, 9.17) is 0 Å². The first-order valence-corrected chi connectivity index (χ1v) is 12.2. The molecule has 0 aliphatic carbocycles. The van der Waals surface area contributed by atoms with Crippen LogP contribution in [0.1, 0.15) is 44.1 Å². The van der Waals surface area contributed by atoms with E-state index in [0.29, 0.717) is 38.8 Å². The molecule has 0 spiro atoms. The van der Waals surface area contributed by atoms with Crippen molar-refractivity contribution in [2.24, 2.45) is 0 Å². The summed E-state index contributed by atoms with van der Waals surface area (Å²) in [7, 11) is -3.69. The molecular weight excluding hydrogens is 393 g/mol. The van der Waals surface area contributed by atoms with Crippen LogP contribution in [-0.4, -0.2) is 63.2 Å². The third-order valence-electron chi connectivity index (χ3n) is 5.59. The van der Waals surface area contributed by atoms with Crippen LogP contribution >= 0.6 is 7.52 Å². The Kier molecular flexibility index (Phi) is 7.46. The highest BCUT2D eigenvalue weighted by Gasteiger charge is 2.42. The van der Waals surface area contributed by atoms with Crippen LogP contribution in [0.3, 0.4) is 0 Å². The summed E-state index contributed by atoms with van der Waals surface area (Å²) in [6.07, 6.45) is 4.51. The van der Waals surface area contributed by atoms with Crippen LogP contribution in [0.15, 0.2) is 30.3 Å². The minimum atomic E-state index is -3.69. The summed E-state index contributed by atoms with van der Waals surface area (Å²) in [6.45, 7) is 1.22. The van der Waals surface area contributed by atoms with Crippen molar-refractivity contribution in [2.45, 2.75) is 57.0 Å². The summed E-state index contributed by atoms with van der Waals surface area (Å²) in [5.74, 6) is -1.44.